The number of hydrogen-bond acceptors (Lipinski definition) is 2. The van der Waals surface area contributed by atoms with Crippen molar-refractivity contribution in [2.24, 2.45) is 0 Å². The molecule has 88 valence electrons. The molecule has 0 saturated carbocycles. The van der Waals surface area contributed by atoms with Crippen LogP contribution in [0, 0.1) is 6.92 Å². The fourth-order valence-electron chi connectivity index (χ4n) is 1.85. The number of aryl methyl sites for hydroxylation is 1. The Morgan fingerprint density at radius 2 is 2.12 bits per heavy atom. The highest BCUT2D eigenvalue weighted by Gasteiger charge is 2.11. The average molecular weight is 227 g/mol. The molecule has 0 aliphatic heterocycles. The van der Waals surface area contributed by atoms with Gasteiger partial charge >= 0.3 is 0 Å². The third-order valence-corrected chi connectivity index (χ3v) is 3.05. The molecular formula is C15H17NO. The quantitative estimate of drug-likeness (QED) is 0.737. The summed E-state index contributed by atoms with van der Waals surface area (Å²) in [7, 11) is 1.98. The van der Waals surface area contributed by atoms with Gasteiger partial charge in [0.05, 0.1) is 6.54 Å². The lowest BCUT2D eigenvalue weighted by molar-refractivity contribution is 0.374. The van der Waals surface area contributed by atoms with Crippen molar-refractivity contribution in [2.45, 2.75) is 13.5 Å². The van der Waals surface area contributed by atoms with Gasteiger partial charge in [0.2, 0.25) is 0 Å². The predicted molar refractivity (Wildman–Crippen MR) is 71.8 cm³/mol. The molecule has 0 aliphatic carbocycles. The van der Waals surface area contributed by atoms with Gasteiger partial charge in [0.15, 0.2) is 0 Å². The lowest BCUT2D eigenvalue weighted by atomic mass is 10.1. The van der Waals surface area contributed by atoms with Crippen LogP contribution in [-0.2, 0) is 6.54 Å². The molecule has 0 radical (unpaired) electrons. The Labute approximate surface area is 102 Å². The lowest BCUT2D eigenvalue weighted by Gasteiger charge is -2.17. The molecule has 0 unspecified atom stereocenters. The Bertz CT molecular complexity index is 565. The van der Waals surface area contributed by atoms with E-state index in [9.17, 15) is 0 Å². The Morgan fingerprint density at radius 1 is 1.41 bits per heavy atom. The molecule has 1 aromatic heterocycles. The number of rotatable bonds is 4. The normalized spacial score (nSPS) is 10.5. The molecule has 2 heteroatoms. The largest absolute Gasteiger partial charge is 0.459 e. The van der Waals surface area contributed by atoms with Crippen molar-refractivity contribution in [3.8, 4) is 0 Å². The number of hydrogen-bond donors (Lipinski definition) is 0. The highest BCUT2D eigenvalue weighted by Crippen LogP contribution is 2.26. The second-order valence-electron chi connectivity index (χ2n) is 4.20. The summed E-state index contributed by atoms with van der Waals surface area (Å²) in [6, 6.07) is 8.09. The first-order valence-corrected chi connectivity index (χ1v) is 5.63. The van der Waals surface area contributed by atoms with Crippen LogP contribution < -0.4 is 0 Å². The van der Waals surface area contributed by atoms with Gasteiger partial charge in [0.1, 0.15) is 11.3 Å². The van der Waals surface area contributed by atoms with E-state index < -0.39 is 0 Å². The monoisotopic (exact) mass is 227 g/mol. The molecule has 17 heavy (non-hydrogen) atoms. The van der Waals surface area contributed by atoms with Gasteiger partial charge < -0.3 is 9.32 Å². The molecular weight excluding hydrogens is 210 g/mol. The summed E-state index contributed by atoms with van der Waals surface area (Å²) in [5.74, 6) is 0.983. The van der Waals surface area contributed by atoms with Crippen molar-refractivity contribution < 1.29 is 4.42 Å². The van der Waals surface area contributed by atoms with Gasteiger partial charge in [-0.05, 0) is 19.1 Å². The van der Waals surface area contributed by atoms with Crippen molar-refractivity contribution in [3.05, 3.63) is 60.5 Å². The molecule has 0 saturated heterocycles. The minimum absolute atomic E-state index is 0.714. The van der Waals surface area contributed by atoms with Crippen LogP contribution in [-0.4, -0.2) is 11.9 Å². The molecule has 1 heterocycles. The van der Waals surface area contributed by atoms with Gasteiger partial charge in [-0.25, -0.2) is 0 Å². The molecule has 0 bridgehead atoms. The molecule has 0 aliphatic rings. The van der Waals surface area contributed by atoms with E-state index in [4.69, 9.17) is 4.42 Å². The minimum Gasteiger partial charge on any atom is -0.459 e. The Kier molecular flexibility index (Phi) is 3.05. The number of para-hydroxylation sites is 1. The van der Waals surface area contributed by atoms with Crippen molar-refractivity contribution in [2.75, 3.05) is 7.05 Å². The maximum Gasteiger partial charge on any atom is 0.134 e. The summed E-state index contributed by atoms with van der Waals surface area (Å²) < 4.78 is 5.85. The number of benzene rings is 1. The first-order chi connectivity index (χ1) is 8.13. The van der Waals surface area contributed by atoms with Gasteiger partial charge in [0, 0.05) is 23.7 Å². The SMILES string of the molecule is C=CC(=C)N(C)Cc1oc2ccccc2c1C. The van der Waals surface area contributed by atoms with Gasteiger partial charge in [-0.15, -0.1) is 0 Å². The van der Waals surface area contributed by atoms with Crippen molar-refractivity contribution >= 4 is 11.0 Å². The zero-order valence-electron chi connectivity index (χ0n) is 10.4. The third-order valence-electron chi connectivity index (χ3n) is 3.05. The van der Waals surface area contributed by atoms with E-state index in [0.29, 0.717) is 6.54 Å². The van der Waals surface area contributed by atoms with Crippen LogP contribution in [0.2, 0.25) is 0 Å². The summed E-state index contributed by atoms with van der Waals surface area (Å²) in [4.78, 5) is 2.03. The molecule has 0 spiro atoms. The molecule has 0 fully saturated rings. The number of furan rings is 1. The van der Waals surface area contributed by atoms with Crippen LogP contribution in [0.25, 0.3) is 11.0 Å². The van der Waals surface area contributed by atoms with Crippen LogP contribution in [0.15, 0.2) is 53.6 Å². The zero-order chi connectivity index (χ0) is 12.4. The highest BCUT2D eigenvalue weighted by atomic mass is 16.3. The van der Waals surface area contributed by atoms with Gasteiger partial charge in [-0.2, -0.15) is 0 Å². The molecule has 0 N–H and O–H groups in total. The fourth-order valence-corrected chi connectivity index (χ4v) is 1.85. The third kappa shape index (κ3) is 2.11. The van der Waals surface area contributed by atoms with Crippen LogP contribution in [0.4, 0.5) is 0 Å². The zero-order valence-corrected chi connectivity index (χ0v) is 10.4. The maximum atomic E-state index is 5.85. The molecule has 2 nitrogen and oxygen atoms in total. The van der Waals surface area contributed by atoms with E-state index in [2.05, 4.69) is 26.1 Å². The van der Waals surface area contributed by atoms with Crippen LogP contribution in [0.3, 0.4) is 0 Å². The fraction of sp³-hybridized carbons (Fsp3) is 0.200. The second-order valence-corrected chi connectivity index (χ2v) is 4.20. The second kappa shape index (κ2) is 4.50. The van der Waals surface area contributed by atoms with Crippen molar-refractivity contribution in [3.63, 3.8) is 0 Å². The first kappa shape index (κ1) is 11.5. The Balaban J connectivity index is 2.33. The topological polar surface area (TPSA) is 16.4 Å². The van der Waals surface area contributed by atoms with Gasteiger partial charge in [-0.1, -0.05) is 31.4 Å². The van der Waals surface area contributed by atoms with Gasteiger partial charge in [0.25, 0.3) is 0 Å². The van der Waals surface area contributed by atoms with E-state index in [0.717, 1.165) is 17.0 Å². The molecule has 2 aromatic rings. The number of fused-ring (bicyclic) bond motifs is 1. The molecule has 1 aromatic carbocycles. The van der Waals surface area contributed by atoms with E-state index >= 15 is 0 Å². The average Bonchev–Trinajstić information content (AvgIpc) is 2.66. The van der Waals surface area contributed by atoms with Crippen LogP contribution >= 0.6 is 0 Å². The van der Waals surface area contributed by atoms with Crippen molar-refractivity contribution in [1.29, 1.82) is 0 Å². The standard InChI is InChI=1S/C15H17NO/c1-5-11(2)16(4)10-15-12(3)13-8-6-7-9-14(13)17-15/h5-9H,1-2,10H2,3-4H3. The summed E-state index contributed by atoms with van der Waals surface area (Å²) in [6.45, 7) is 10.4. The van der Waals surface area contributed by atoms with E-state index in [1.54, 1.807) is 6.08 Å². The Morgan fingerprint density at radius 3 is 2.76 bits per heavy atom. The summed E-state index contributed by atoms with van der Waals surface area (Å²) in [6.07, 6.45) is 1.75. The molecule has 0 atom stereocenters. The van der Waals surface area contributed by atoms with E-state index in [1.807, 2.05) is 30.1 Å². The highest BCUT2D eigenvalue weighted by molar-refractivity contribution is 5.81. The number of nitrogens with zero attached hydrogens (tertiary/aromatic N) is 1. The van der Waals surface area contributed by atoms with Crippen LogP contribution in [0.5, 0.6) is 0 Å². The smallest absolute Gasteiger partial charge is 0.134 e. The van der Waals surface area contributed by atoms with E-state index in [-0.39, 0.29) is 0 Å². The number of likely N-dealkylation sites (N-methyl/N-ethyl adjacent to an activating group) is 1. The van der Waals surface area contributed by atoms with E-state index in [1.165, 1.54) is 10.9 Å². The summed E-state index contributed by atoms with van der Waals surface area (Å²) in [5, 5.41) is 1.18. The first-order valence-electron chi connectivity index (χ1n) is 5.63. The van der Waals surface area contributed by atoms with Crippen molar-refractivity contribution in [1.82, 2.24) is 4.90 Å². The Hall–Kier alpha value is -1.96. The number of allylic oxidation sites excluding steroid dienone is 1. The summed E-state index contributed by atoms with van der Waals surface area (Å²) >= 11 is 0. The lowest BCUT2D eigenvalue weighted by Crippen LogP contribution is -2.15. The van der Waals surface area contributed by atoms with Gasteiger partial charge in [-0.3, -0.25) is 0 Å². The van der Waals surface area contributed by atoms with Crippen LogP contribution in [0.1, 0.15) is 11.3 Å². The molecule has 0 amide bonds. The summed E-state index contributed by atoms with van der Waals surface area (Å²) in [5.41, 5.74) is 3.03. The maximum absolute atomic E-state index is 5.85. The minimum atomic E-state index is 0.714. The predicted octanol–water partition coefficient (Wildman–Crippen LogP) is 3.87. The molecule has 2 rings (SSSR count).